The Morgan fingerprint density at radius 3 is 1.85 bits per heavy atom. The van der Waals surface area contributed by atoms with Gasteiger partial charge in [-0.2, -0.15) is 0 Å². The largest absolute Gasteiger partial charge is 0.510 e. The monoisotopic (exact) mass is 918 g/mol. The molecule has 15 heteroatoms. The number of primary amides is 1. The van der Waals surface area contributed by atoms with Crippen molar-refractivity contribution in [1.82, 2.24) is 10.2 Å². The average Bonchev–Trinajstić information content (AvgIpc) is 3.30. The van der Waals surface area contributed by atoms with Gasteiger partial charge < -0.3 is 36.6 Å². The van der Waals surface area contributed by atoms with Gasteiger partial charge in [0.05, 0.1) is 23.6 Å². The number of carbonyl (C=O) groups is 5. The molecule has 0 saturated heterocycles. The molecular formula is C51H59N4O10P. The molecule has 66 heavy (non-hydrogen) atoms. The quantitative estimate of drug-likeness (QED) is 0.0324. The van der Waals surface area contributed by atoms with Gasteiger partial charge in [-0.25, -0.2) is 0 Å². The molecule has 14 nitrogen and oxygen atoms in total. The van der Waals surface area contributed by atoms with Crippen molar-refractivity contribution in [3.8, 4) is 5.75 Å². The van der Waals surface area contributed by atoms with E-state index in [2.05, 4.69) is 102 Å². The first-order valence-corrected chi connectivity index (χ1v) is 24.7. The second-order valence-corrected chi connectivity index (χ2v) is 21.9. The molecule has 3 amide bonds. The number of aromatic hydroxyl groups is 1. The van der Waals surface area contributed by atoms with E-state index in [4.69, 9.17) is 5.73 Å². The van der Waals surface area contributed by atoms with Crippen molar-refractivity contribution in [1.29, 1.82) is 0 Å². The number of likely N-dealkylation sites (N-methyl/N-ethyl adjacent to an activating group) is 1. The maximum atomic E-state index is 14.2. The number of anilines is 1. The summed E-state index contributed by atoms with van der Waals surface area (Å²) in [5.74, 6) is -11.0. The Morgan fingerprint density at radius 1 is 0.758 bits per heavy atom. The number of hydrogen-bond donors (Lipinski definition) is 8. The molecule has 9 N–H and O–H groups in total. The SMILES string of the molecule is C[C@H]1c2c(NC(=O)CCNC(=O)CCCCCCC[PH](c3ccccc3)(c3ccccc3)c3ccccc3)ccc(O)c2C(=O)C2=C(O)[C@]3(O)C(=O)C(C(N)=O)=C(O)[C@@H](N(C)C)[C@@H]3[C@@H](O)[C@@H]21. The number of Topliss-reactive ketones (excluding diaryl/α,β-unsaturated/α-hetero) is 2. The van der Waals surface area contributed by atoms with Crippen LogP contribution in [-0.2, 0) is 19.2 Å². The predicted molar refractivity (Wildman–Crippen MR) is 255 cm³/mol. The number of hydrogen-bond acceptors (Lipinski definition) is 11. The molecule has 0 spiro atoms. The zero-order chi connectivity index (χ0) is 47.5. The van der Waals surface area contributed by atoms with E-state index in [1.807, 2.05) is 0 Å². The van der Waals surface area contributed by atoms with Gasteiger partial charge in [-0.15, -0.1) is 0 Å². The van der Waals surface area contributed by atoms with E-state index in [0.717, 1.165) is 31.8 Å². The number of phenolic OH excluding ortho intramolecular Hbond substituents is 1. The van der Waals surface area contributed by atoms with Crippen molar-refractivity contribution in [3.05, 3.63) is 137 Å². The summed E-state index contributed by atoms with van der Waals surface area (Å²) in [5, 5.41) is 67.3. The Bertz CT molecular complexity index is 2470. The van der Waals surface area contributed by atoms with Crippen LogP contribution < -0.4 is 32.3 Å². The number of nitrogens with one attached hydrogen (secondary N) is 2. The van der Waals surface area contributed by atoms with Crippen LogP contribution >= 0.6 is 7.26 Å². The molecule has 6 atom stereocenters. The van der Waals surface area contributed by atoms with E-state index >= 15 is 0 Å². The molecular weight excluding hydrogens is 860 g/mol. The zero-order valence-electron chi connectivity index (χ0n) is 37.4. The minimum absolute atomic E-state index is 0.0389. The minimum Gasteiger partial charge on any atom is -0.510 e. The van der Waals surface area contributed by atoms with Crippen molar-refractivity contribution >= 4 is 58.2 Å². The van der Waals surface area contributed by atoms with Crippen LogP contribution in [-0.4, -0.2) is 104 Å². The molecule has 4 aromatic rings. The summed E-state index contributed by atoms with van der Waals surface area (Å²) in [6.07, 6.45) is 4.11. The van der Waals surface area contributed by atoms with E-state index < -0.39 is 94.6 Å². The fraction of sp³-hybridized carbons (Fsp3) is 0.353. The van der Waals surface area contributed by atoms with Gasteiger partial charge in [0.2, 0.25) is 5.78 Å². The molecule has 348 valence electrons. The molecule has 0 unspecified atom stereocenters. The molecule has 0 radical (unpaired) electrons. The van der Waals surface area contributed by atoms with Crippen LogP contribution in [0.5, 0.6) is 5.75 Å². The summed E-state index contributed by atoms with van der Waals surface area (Å²) in [4.78, 5) is 67.6. The number of amides is 3. The van der Waals surface area contributed by atoms with Gasteiger partial charge in [-0.3, -0.25) is 24.1 Å². The molecule has 0 bridgehead atoms. The van der Waals surface area contributed by atoms with E-state index in [1.54, 1.807) is 6.92 Å². The smallest absolute Gasteiger partial charge is 0.255 e. The van der Waals surface area contributed by atoms with Crippen LogP contribution in [0.1, 0.15) is 73.7 Å². The molecule has 0 fully saturated rings. The van der Waals surface area contributed by atoms with Crippen molar-refractivity contribution in [2.75, 3.05) is 32.1 Å². The number of fused-ring (bicyclic) bond motifs is 3. The van der Waals surface area contributed by atoms with Gasteiger partial charge in [0.25, 0.3) is 5.91 Å². The number of aliphatic hydroxyl groups excluding tert-OH is 3. The summed E-state index contributed by atoms with van der Waals surface area (Å²) in [6.45, 7) is 1.62. The fourth-order valence-electron chi connectivity index (χ4n) is 10.7. The van der Waals surface area contributed by atoms with Gasteiger partial charge in [-0.1, -0.05) is 6.92 Å². The number of nitrogens with zero attached hydrogens (tertiary/aromatic N) is 1. The molecule has 0 heterocycles. The summed E-state index contributed by atoms with van der Waals surface area (Å²) in [5.41, 5.74) is 0.758. The Morgan fingerprint density at radius 2 is 1.30 bits per heavy atom. The van der Waals surface area contributed by atoms with E-state index in [-0.39, 0.29) is 35.7 Å². The van der Waals surface area contributed by atoms with Crippen LogP contribution in [0.2, 0.25) is 0 Å². The van der Waals surface area contributed by atoms with Gasteiger partial charge in [0.15, 0.2) is 11.4 Å². The fourth-order valence-corrected chi connectivity index (χ4v) is 15.7. The number of unbranched alkanes of at least 4 members (excludes halogenated alkanes) is 4. The second-order valence-electron chi connectivity index (χ2n) is 17.9. The molecule has 7 rings (SSSR count). The van der Waals surface area contributed by atoms with Gasteiger partial charge >= 0.3 is 194 Å². The number of aliphatic hydroxyl groups is 4. The molecule has 3 aliphatic rings. The minimum atomic E-state index is -3.04. The van der Waals surface area contributed by atoms with Crippen LogP contribution in [0.4, 0.5) is 5.69 Å². The average molecular weight is 919 g/mol. The molecule has 4 aromatic carbocycles. The first kappa shape index (κ1) is 47.8. The summed E-state index contributed by atoms with van der Waals surface area (Å²) in [7, 11) is 0.613. The van der Waals surface area contributed by atoms with E-state index in [9.17, 15) is 49.5 Å². The third kappa shape index (κ3) is 8.54. The Kier molecular flexibility index (Phi) is 14.3. The number of benzene rings is 4. The van der Waals surface area contributed by atoms with Crippen molar-refractivity contribution in [3.63, 3.8) is 0 Å². The topological polar surface area (TPSA) is 240 Å². The second kappa shape index (κ2) is 19.7. The molecule has 0 aromatic heterocycles. The summed E-state index contributed by atoms with van der Waals surface area (Å²) >= 11 is 0. The van der Waals surface area contributed by atoms with Gasteiger partial charge in [0.1, 0.15) is 22.8 Å². The third-order valence-electron chi connectivity index (χ3n) is 13.8. The van der Waals surface area contributed by atoms with Crippen molar-refractivity contribution in [2.45, 2.75) is 75.5 Å². The van der Waals surface area contributed by atoms with Gasteiger partial charge in [0, 0.05) is 17.2 Å². The number of rotatable bonds is 17. The first-order chi connectivity index (χ1) is 31.6. The Hall–Kier alpha value is -6.18. The maximum absolute atomic E-state index is 14.2. The maximum Gasteiger partial charge on any atom is 0.255 e. The van der Waals surface area contributed by atoms with Crippen LogP contribution in [0.25, 0.3) is 0 Å². The Labute approximate surface area is 384 Å². The molecule has 3 aliphatic carbocycles. The van der Waals surface area contributed by atoms with E-state index in [0.29, 0.717) is 12.8 Å². The first-order valence-electron chi connectivity index (χ1n) is 22.5. The number of phenols is 1. The van der Waals surface area contributed by atoms with Gasteiger partial charge in [-0.05, 0) is 37.7 Å². The number of nitrogens with two attached hydrogens (primary N) is 1. The number of carbonyl (C=O) groups excluding carboxylic acids is 5. The zero-order valence-corrected chi connectivity index (χ0v) is 38.4. The molecule has 0 aliphatic heterocycles. The Balaban J connectivity index is 0.948. The standard InChI is InChI=1S/C51H59N4O10P/c1-30-38-34(25-26-35(56)40(38)45(59)41-39(30)46(60)43-44(55(2)3)47(61)42(50(52)64)49(63)51(43,65)48(41)62)54-37(58)27-28-53-36(57)24-16-5-4-6-17-29-66(31-18-10-7-11-19-31,32-20-12-8-13-21-32)33-22-14-9-15-23-33/h7-15,18-23,25-26,30,39,43-44,46,56,60-62,65-66H,4-6,16-17,24,27-29H2,1-3H3,(H2,52,64)(H,53,57)(H,54,58)/t30-,39+,43+,44-,46-,51-/m0/s1. The van der Waals surface area contributed by atoms with E-state index in [1.165, 1.54) is 47.0 Å². The van der Waals surface area contributed by atoms with Crippen molar-refractivity contribution < 1.29 is 49.5 Å². The summed E-state index contributed by atoms with van der Waals surface area (Å²) < 4.78 is 0. The number of ketones is 2. The predicted octanol–water partition coefficient (Wildman–Crippen LogP) is 4.16. The van der Waals surface area contributed by atoms with Crippen molar-refractivity contribution in [2.24, 2.45) is 17.6 Å². The summed E-state index contributed by atoms with van der Waals surface area (Å²) in [6, 6.07) is 33.7. The third-order valence-corrected chi connectivity index (χ3v) is 18.9. The molecule has 0 saturated carbocycles. The van der Waals surface area contributed by atoms with Crippen LogP contribution in [0.15, 0.2) is 126 Å². The van der Waals surface area contributed by atoms with Crippen LogP contribution in [0.3, 0.4) is 0 Å². The van der Waals surface area contributed by atoms with Crippen LogP contribution in [0, 0.1) is 11.8 Å². The normalized spacial score (nSPS) is 22.9.